The SMILES string of the molecule is O=C(CN1CCC(NC(=O)CCNC(=O)c2ccc(Br)cc2)CC1)Nc1ccccc1. The first kappa shape index (κ1) is 23.0. The highest BCUT2D eigenvalue weighted by molar-refractivity contribution is 9.10. The van der Waals surface area contributed by atoms with Crippen LogP contribution in [-0.2, 0) is 9.59 Å². The molecule has 0 radical (unpaired) electrons. The van der Waals surface area contributed by atoms with Crippen LogP contribution in [0.25, 0.3) is 0 Å². The van der Waals surface area contributed by atoms with Gasteiger partial charge in [-0.2, -0.15) is 0 Å². The van der Waals surface area contributed by atoms with E-state index in [9.17, 15) is 14.4 Å². The Bertz CT molecular complexity index is 881. The van der Waals surface area contributed by atoms with Crippen molar-refractivity contribution in [3.8, 4) is 0 Å². The zero-order chi connectivity index (χ0) is 22.1. The Morgan fingerprint density at radius 3 is 2.29 bits per heavy atom. The fourth-order valence-corrected chi connectivity index (χ4v) is 3.72. The summed E-state index contributed by atoms with van der Waals surface area (Å²) in [5.74, 6) is -0.297. The van der Waals surface area contributed by atoms with E-state index in [2.05, 4.69) is 36.8 Å². The van der Waals surface area contributed by atoms with E-state index in [-0.39, 0.29) is 30.2 Å². The van der Waals surface area contributed by atoms with Gasteiger partial charge in [-0.15, -0.1) is 0 Å². The first-order valence-electron chi connectivity index (χ1n) is 10.4. The van der Waals surface area contributed by atoms with Crippen LogP contribution < -0.4 is 16.0 Å². The lowest BCUT2D eigenvalue weighted by molar-refractivity contribution is -0.122. The minimum Gasteiger partial charge on any atom is -0.353 e. The Morgan fingerprint density at radius 1 is 0.935 bits per heavy atom. The van der Waals surface area contributed by atoms with E-state index >= 15 is 0 Å². The van der Waals surface area contributed by atoms with Crippen LogP contribution in [0, 0.1) is 0 Å². The molecule has 2 aromatic carbocycles. The van der Waals surface area contributed by atoms with Gasteiger partial charge in [-0.1, -0.05) is 34.1 Å². The molecule has 0 spiro atoms. The molecule has 7 nitrogen and oxygen atoms in total. The number of carbonyl (C=O) groups is 3. The summed E-state index contributed by atoms with van der Waals surface area (Å²) in [5, 5.41) is 8.69. The Morgan fingerprint density at radius 2 is 1.61 bits per heavy atom. The van der Waals surface area contributed by atoms with Crippen LogP contribution in [-0.4, -0.2) is 54.8 Å². The molecule has 31 heavy (non-hydrogen) atoms. The molecular weight excluding hydrogens is 460 g/mol. The molecule has 0 bridgehead atoms. The van der Waals surface area contributed by atoms with E-state index in [4.69, 9.17) is 0 Å². The summed E-state index contributed by atoms with van der Waals surface area (Å²) < 4.78 is 0.909. The number of halogens is 1. The predicted octanol–water partition coefficient (Wildman–Crippen LogP) is 2.79. The number of anilines is 1. The number of carbonyl (C=O) groups excluding carboxylic acids is 3. The van der Waals surface area contributed by atoms with Gasteiger partial charge in [-0.05, 0) is 49.2 Å². The van der Waals surface area contributed by atoms with Gasteiger partial charge in [0, 0.05) is 47.8 Å². The van der Waals surface area contributed by atoms with Crippen LogP contribution in [0.1, 0.15) is 29.6 Å². The number of likely N-dealkylation sites (tertiary alicyclic amines) is 1. The van der Waals surface area contributed by atoms with Crippen molar-refractivity contribution in [2.24, 2.45) is 0 Å². The fourth-order valence-electron chi connectivity index (χ4n) is 3.45. The van der Waals surface area contributed by atoms with E-state index in [1.807, 2.05) is 30.3 Å². The van der Waals surface area contributed by atoms with Crippen molar-refractivity contribution in [1.29, 1.82) is 0 Å². The lowest BCUT2D eigenvalue weighted by Crippen LogP contribution is -2.47. The number of amides is 3. The zero-order valence-electron chi connectivity index (χ0n) is 17.3. The van der Waals surface area contributed by atoms with Crippen LogP contribution >= 0.6 is 15.9 Å². The molecule has 1 aliphatic rings. The summed E-state index contributed by atoms with van der Waals surface area (Å²) in [5.41, 5.74) is 1.36. The Balaban J connectivity index is 1.30. The summed E-state index contributed by atoms with van der Waals surface area (Å²) in [7, 11) is 0. The highest BCUT2D eigenvalue weighted by Gasteiger charge is 2.22. The smallest absolute Gasteiger partial charge is 0.251 e. The van der Waals surface area contributed by atoms with E-state index in [1.165, 1.54) is 0 Å². The standard InChI is InChI=1S/C23H27BrN4O3/c24-18-8-6-17(7-9-18)23(31)25-13-10-21(29)26-20-11-14-28(15-12-20)16-22(30)27-19-4-2-1-3-5-19/h1-9,20H,10-16H2,(H,25,31)(H,26,29)(H,27,30). The first-order valence-corrected chi connectivity index (χ1v) is 11.2. The Hall–Kier alpha value is -2.71. The van der Waals surface area contributed by atoms with Gasteiger partial charge in [0.15, 0.2) is 0 Å². The van der Waals surface area contributed by atoms with Gasteiger partial charge in [-0.3, -0.25) is 19.3 Å². The Kier molecular flexibility index (Phi) is 8.61. The molecule has 0 saturated carbocycles. The number of piperidine rings is 1. The monoisotopic (exact) mass is 486 g/mol. The number of rotatable bonds is 8. The van der Waals surface area contributed by atoms with E-state index < -0.39 is 0 Å². The first-order chi connectivity index (χ1) is 15.0. The number of hydrogen-bond donors (Lipinski definition) is 3. The third kappa shape index (κ3) is 7.80. The normalized spacial score (nSPS) is 14.6. The molecule has 0 atom stereocenters. The molecule has 1 aliphatic heterocycles. The lowest BCUT2D eigenvalue weighted by atomic mass is 10.0. The highest BCUT2D eigenvalue weighted by atomic mass is 79.9. The van der Waals surface area contributed by atoms with Crippen LogP contribution in [0.4, 0.5) is 5.69 Å². The van der Waals surface area contributed by atoms with Crippen molar-refractivity contribution in [3.05, 3.63) is 64.6 Å². The third-order valence-corrected chi connectivity index (χ3v) is 5.65. The van der Waals surface area contributed by atoms with Crippen molar-refractivity contribution in [2.75, 3.05) is 31.5 Å². The van der Waals surface area contributed by atoms with Gasteiger partial charge < -0.3 is 16.0 Å². The molecule has 3 amide bonds. The molecule has 3 rings (SSSR count). The van der Waals surface area contributed by atoms with Crippen molar-refractivity contribution in [1.82, 2.24) is 15.5 Å². The second kappa shape index (κ2) is 11.6. The maximum absolute atomic E-state index is 12.2. The molecule has 164 valence electrons. The van der Waals surface area contributed by atoms with Gasteiger partial charge in [-0.25, -0.2) is 0 Å². The summed E-state index contributed by atoms with van der Waals surface area (Å²) in [6.45, 7) is 2.15. The molecular formula is C23H27BrN4O3. The van der Waals surface area contributed by atoms with Crippen molar-refractivity contribution < 1.29 is 14.4 Å². The van der Waals surface area contributed by atoms with Gasteiger partial charge in [0.2, 0.25) is 11.8 Å². The van der Waals surface area contributed by atoms with Crippen LogP contribution in [0.15, 0.2) is 59.1 Å². The summed E-state index contributed by atoms with van der Waals surface area (Å²) in [6, 6.07) is 16.6. The average Bonchev–Trinajstić information content (AvgIpc) is 2.76. The molecule has 2 aromatic rings. The van der Waals surface area contributed by atoms with Gasteiger partial charge in [0.1, 0.15) is 0 Å². The summed E-state index contributed by atoms with van der Waals surface area (Å²) >= 11 is 3.33. The number of nitrogens with zero attached hydrogens (tertiary/aromatic N) is 1. The second-order valence-electron chi connectivity index (χ2n) is 7.54. The fraction of sp³-hybridized carbons (Fsp3) is 0.348. The molecule has 0 aromatic heterocycles. The maximum atomic E-state index is 12.2. The quantitative estimate of drug-likeness (QED) is 0.534. The molecule has 1 heterocycles. The maximum Gasteiger partial charge on any atom is 0.251 e. The Labute approximate surface area is 190 Å². The van der Waals surface area contributed by atoms with Crippen LogP contribution in [0.2, 0.25) is 0 Å². The van der Waals surface area contributed by atoms with Gasteiger partial charge in [0.05, 0.1) is 6.54 Å². The van der Waals surface area contributed by atoms with E-state index in [1.54, 1.807) is 24.3 Å². The van der Waals surface area contributed by atoms with Gasteiger partial charge in [0.25, 0.3) is 5.91 Å². The van der Waals surface area contributed by atoms with Crippen LogP contribution in [0.3, 0.4) is 0 Å². The number of hydrogen-bond acceptors (Lipinski definition) is 4. The molecule has 3 N–H and O–H groups in total. The predicted molar refractivity (Wildman–Crippen MR) is 124 cm³/mol. The number of nitrogens with one attached hydrogen (secondary N) is 3. The number of benzene rings is 2. The largest absolute Gasteiger partial charge is 0.353 e. The molecule has 1 saturated heterocycles. The topological polar surface area (TPSA) is 90.5 Å². The zero-order valence-corrected chi connectivity index (χ0v) is 18.9. The third-order valence-electron chi connectivity index (χ3n) is 5.12. The summed E-state index contributed by atoms with van der Waals surface area (Å²) in [6.07, 6.45) is 1.84. The summed E-state index contributed by atoms with van der Waals surface area (Å²) in [4.78, 5) is 38.5. The lowest BCUT2D eigenvalue weighted by Gasteiger charge is -2.31. The molecule has 8 heteroatoms. The average molecular weight is 487 g/mol. The van der Waals surface area contributed by atoms with Crippen molar-refractivity contribution >= 4 is 39.3 Å². The molecule has 0 aliphatic carbocycles. The van der Waals surface area contributed by atoms with Crippen molar-refractivity contribution in [3.63, 3.8) is 0 Å². The minimum atomic E-state index is -0.192. The number of para-hydroxylation sites is 1. The van der Waals surface area contributed by atoms with E-state index in [0.717, 1.165) is 36.1 Å². The molecule has 0 unspecified atom stereocenters. The van der Waals surface area contributed by atoms with E-state index in [0.29, 0.717) is 18.7 Å². The van der Waals surface area contributed by atoms with Crippen LogP contribution in [0.5, 0.6) is 0 Å². The van der Waals surface area contributed by atoms with Crippen molar-refractivity contribution in [2.45, 2.75) is 25.3 Å². The minimum absolute atomic E-state index is 0.0322. The van der Waals surface area contributed by atoms with Gasteiger partial charge >= 0.3 is 0 Å². The highest BCUT2D eigenvalue weighted by Crippen LogP contribution is 2.12. The molecule has 1 fully saturated rings. The second-order valence-corrected chi connectivity index (χ2v) is 8.46.